The van der Waals surface area contributed by atoms with Gasteiger partial charge in [0.25, 0.3) is 0 Å². The van der Waals surface area contributed by atoms with Crippen LogP contribution in [0.1, 0.15) is 31.4 Å². The monoisotopic (exact) mass is 267 g/mol. The number of aliphatic hydroxyl groups is 1. The van der Waals surface area contributed by atoms with Crippen LogP contribution in [0.5, 0.6) is 0 Å². The fourth-order valence-corrected chi connectivity index (χ4v) is 2.19. The molecule has 104 valence electrons. The lowest BCUT2D eigenvalue weighted by atomic mass is 10.1. The summed E-state index contributed by atoms with van der Waals surface area (Å²) in [6.45, 7) is 2.54. The zero-order chi connectivity index (χ0) is 13.8. The molecule has 0 bridgehead atoms. The van der Waals surface area contributed by atoms with Crippen LogP contribution in [0.4, 0.5) is 4.39 Å². The minimum atomic E-state index is -0.992. The largest absolute Gasteiger partial charge is 0.388 e. The van der Waals surface area contributed by atoms with Gasteiger partial charge in [-0.1, -0.05) is 12.1 Å². The van der Waals surface area contributed by atoms with Crippen molar-refractivity contribution in [3.8, 4) is 0 Å². The quantitative estimate of drug-likeness (QED) is 0.870. The second-order valence-corrected chi connectivity index (χ2v) is 4.81. The van der Waals surface area contributed by atoms with E-state index in [-0.39, 0.29) is 24.5 Å². The van der Waals surface area contributed by atoms with E-state index in [2.05, 4.69) is 5.32 Å². The number of nitrogens with one attached hydrogen (secondary N) is 1. The summed E-state index contributed by atoms with van der Waals surface area (Å²) in [4.78, 5) is 11.8. The van der Waals surface area contributed by atoms with E-state index in [1.54, 1.807) is 6.07 Å². The van der Waals surface area contributed by atoms with E-state index in [4.69, 9.17) is 4.74 Å². The van der Waals surface area contributed by atoms with Crippen LogP contribution in [-0.4, -0.2) is 29.8 Å². The van der Waals surface area contributed by atoms with Crippen molar-refractivity contribution in [1.82, 2.24) is 5.32 Å². The van der Waals surface area contributed by atoms with Crippen molar-refractivity contribution in [2.24, 2.45) is 0 Å². The molecule has 1 aromatic carbocycles. The van der Waals surface area contributed by atoms with Gasteiger partial charge in [0.15, 0.2) is 0 Å². The van der Waals surface area contributed by atoms with E-state index in [0.29, 0.717) is 12.2 Å². The number of amides is 1. The molecule has 0 spiro atoms. The van der Waals surface area contributed by atoms with E-state index in [9.17, 15) is 14.3 Å². The Morgan fingerprint density at radius 2 is 2.42 bits per heavy atom. The smallest absolute Gasteiger partial charge is 0.223 e. The Labute approximate surface area is 111 Å². The lowest BCUT2D eigenvalue weighted by molar-refractivity contribution is -0.124. The van der Waals surface area contributed by atoms with Gasteiger partial charge in [0.2, 0.25) is 5.91 Å². The number of benzene rings is 1. The molecule has 2 rings (SSSR count). The highest BCUT2D eigenvalue weighted by atomic mass is 19.1. The first-order valence-corrected chi connectivity index (χ1v) is 6.41. The van der Waals surface area contributed by atoms with Crippen LogP contribution in [0.3, 0.4) is 0 Å². The molecule has 1 aliphatic rings. The van der Waals surface area contributed by atoms with Crippen LogP contribution in [0.2, 0.25) is 0 Å². The fourth-order valence-electron chi connectivity index (χ4n) is 2.19. The molecule has 1 amide bonds. The van der Waals surface area contributed by atoms with Crippen LogP contribution >= 0.6 is 0 Å². The number of hydrogen-bond acceptors (Lipinski definition) is 3. The Bertz CT molecular complexity index is 452. The van der Waals surface area contributed by atoms with Crippen molar-refractivity contribution in [1.29, 1.82) is 0 Å². The summed E-state index contributed by atoms with van der Waals surface area (Å²) < 4.78 is 18.4. The van der Waals surface area contributed by atoms with Gasteiger partial charge in [-0.05, 0) is 31.0 Å². The van der Waals surface area contributed by atoms with Crippen LogP contribution in [-0.2, 0) is 9.53 Å². The van der Waals surface area contributed by atoms with Gasteiger partial charge in [-0.15, -0.1) is 0 Å². The summed E-state index contributed by atoms with van der Waals surface area (Å²) in [5.74, 6) is -0.672. The predicted octanol–water partition coefficient (Wildman–Crippen LogP) is 1.54. The zero-order valence-electron chi connectivity index (χ0n) is 10.8. The Morgan fingerprint density at radius 1 is 1.63 bits per heavy atom. The minimum Gasteiger partial charge on any atom is -0.388 e. The number of aliphatic hydroxyl groups excluding tert-OH is 1. The maximum Gasteiger partial charge on any atom is 0.223 e. The molecule has 0 radical (unpaired) electrons. The molecule has 1 aromatic rings. The average Bonchev–Trinajstić information content (AvgIpc) is 2.75. The molecule has 3 unspecified atom stereocenters. The van der Waals surface area contributed by atoms with Crippen molar-refractivity contribution in [3.63, 3.8) is 0 Å². The number of carbonyl (C=O) groups excluding carboxylic acids is 1. The summed E-state index contributed by atoms with van der Waals surface area (Å²) >= 11 is 0. The van der Waals surface area contributed by atoms with E-state index < -0.39 is 11.9 Å². The first-order valence-electron chi connectivity index (χ1n) is 6.41. The summed E-state index contributed by atoms with van der Waals surface area (Å²) in [7, 11) is 0. The Morgan fingerprint density at radius 3 is 3.05 bits per heavy atom. The van der Waals surface area contributed by atoms with Gasteiger partial charge < -0.3 is 15.2 Å². The molecule has 0 aliphatic carbocycles. The molecular weight excluding hydrogens is 249 g/mol. The third kappa shape index (κ3) is 3.75. The molecule has 4 nitrogen and oxygen atoms in total. The molecule has 2 N–H and O–H groups in total. The number of hydrogen-bond donors (Lipinski definition) is 2. The predicted molar refractivity (Wildman–Crippen MR) is 67.9 cm³/mol. The standard InChI is InChI=1S/C14H18FNO3/c1-9-12(5-6-19-9)16-14(18)8-13(17)10-3-2-4-11(15)7-10/h2-4,7,9,12-13,17H,5-6,8H2,1H3,(H,16,18). The van der Waals surface area contributed by atoms with Gasteiger partial charge in [0.1, 0.15) is 5.82 Å². The first-order chi connectivity index (χ1) is 9.06. The lowest BCUT2D eigenvalue weighted by Crippen LogP contribution is -2.39. The Kier molecular flexibility index (Phi) is 4.50. The second kappa shape index (κ2) is 6.12. The maximum atomic E-state index is 13.0. The van der Waals surface area contributed by atoms with E-state index in [1.807, 2.05) is 6.92 Å². The highest BCUT2D eigenvalue weighted by Gasteiger charge is 2.26. The molecule has 0 saturated carbocycles. The molecule has 0 aromatic heterocycles. The molecule has 3 atom stereocenters. The Hall–Kier alpha value is -1.46. The van der Waals surface area contributed by atoms with Crippen molar-refractivity contribution in [2.45, 2.75) is 38.0 Å². The van der Waals surface area contributed by atoms with Crippen molar-refractivity contribution in [3.05, 3.63) is 35.6 Å². The summed E-state index contributed by atoms with van der Waals surface area (Å²) in [5.41, 5.74) is 0.408. The molecular formula is C14H18FNO3. The molecule has 1 aliphatic heterocycles. The summed E-state index contributed by atoms with van der Waals surface area (Å²) in [6, 6.07) is 5.64. The molecule has 1 saturated heterocycles. The highest BCUT2D eigenvalue weighted by molar-refractivity contribution is 5.77. The van der Waals surface area contributed by atoms with Crippen LogP contribution < -0.4 is 5.32 Å². The summed E-state index contributed by atoms with van der Waals surface area (Å²) in [5, 5.41) is 12.7. The minimum absolute atomic E-state index is 0.00439. The normalized spacial score (nSPS) is 24.2. The van der Waals surface area contributed by atoms with Crippen LogP contribution in [0, 0.1) is 5.82 Å². The SMILES string of the molecule is CC1OCCC1NC(=O)CC(O)c1cccc(F)c1. The fraction of sp³-hybridized carbons (Fsp3) is 0.500. The van der Waals surface area contributed by atoms with Gasteiger partial charge >= 0.3 is 0 Å². The van der Waals surface area contributed by atoms with E-state index in [0.717, 1.165) is 6.42 Å². The molecule has 1 fully saturated rings. The Balaban J connectivity index is 1.88. The third-order valence-corrected chi connectivity index (χ3v) is 3.33. The molecule has 5 heteroatoms. The lowest BCUT2D eigenvalue weighted by Gasteiger charge is -2.17. The zero-order valence-corrected chi connectivity index (χ0v) is 10.8. The van der Waals surface area contributed by atoms with Crippen molar-refractivity contribution < 1.29 is 19.0 Å². The van der Waals surface area contributed by atoms with Gasteiger partial charge in [-0.25, -0.2) is 4.39 Å². The topological polar surface area (TPSA) is 58.6 Å². The van der Waals surface area contributed by atoms with Crippen molar-refractivity contribution in [2.75, 3.05) is 6.61 Å². The number of ether oxygens (including phenoxy) is 1. The van der Waals surface area contributed by atoms with Crippen LogP contribution in [0.25, 0.3) is 0 Å². The van der Waals surface area contributed by atoms with Gasteiger partial charge in [0.05, 0.1) is 24.7 Å². The summed E-state index contributed by atoms with van der Waals surface area (Å²) in [6.07, 6.45) is -0.293. The number of carbonyl (C=O) groups is 1. The number of halogens is 1. The molecule has 1 heterocycles. The van der Waals surface area contributed by atoms with Gasteiger partial charge in [-0.2, -0.15) is 0 Å². The van der Waals surface area contributed by atoms with Gasteiger partial charge in [-0.3, -0.25) is 4.79 Å². The van der Waals surface area contributed by atoms with E-state index >= 15 is 0 Å². The molecule has 19 heavy (non-hydrogen) atoms. The van der Waals surface area contributed by atoms with E-state index in [1.165, 1.54) is 18.2 Å². The average molecular weight is 267 g/mol. The van der Waals surface area contributed by atoms with Crippen LogP contribution in [0.15, 0.2) is 24.3 Å². The van der Waals surface area contributed by atoms with Gasteiger partial charge in [0, 0.05) is 6.61 Å². The highest BCUT2D eigenvalue weighted by Crippen LogP contribution is 2.18. The first kappa shape index (κ1) is 14.0. The van der Waals surface area contributed by atoms with Crippen molar-refractivity contribution >= 4 is 5.91 Å². The third-order valence-electron chi connectivity index (χ3n) is 3.33. The maximum absolute atomic E-state index is 13.0. The second-order valence-electron chi connectivity index (χ2n) is 4.81. The number of rotatable bonds is 4.